The van der Waals surface area contributed by atoms with Crippen molar-refractivity contribution in [2.24, 2.45) is 5.92 Å². The third-order valence-corrected chi connectivity index (χ3v) is 8.15. The number of carbonyl (C=O) groups is 2. The summed E-state index contributed by atoms with van der Waals surface area (Å²) in [5.74, 6) is -2.11. The highest BCUT2D eigenvalue weighted by molar-refractivity contribution is 6.30. The van der Waals surface area contributed by atoms with Crippen LogP contribution in [0, 0.1) is 11.7 Å². The van der Waals surface area contributed by atoms with Gasteiger partial charge in [-0.3, -0.25) is 19.5 Å². The molecule has 204 valence electrons. The Bertz CT molecular complexity index is 1430. The molecule has 2 aliphatic rings. The molecule has 0 bridgehead atoms. The van der Waals surface area contributed by atoms with Crippen molar-refractivity contribution in [1.29, 1.82) is 0 Å². The first-order chi connectivity index (χ1) is 18.5. The fraction of sp³-hybridized carbons (Fsp3) is 0.321. The number of aromatic nitrogens is 1. The summed E-state index contributed by atoms with van der Waals surface area (Å²) >= 11 is 12.1. The Morgan fingerprint density at radius 3 is 2.44 bits per heavy atom. The summed E-state index contributed by atoms with van der Waals surface area (Å²) in [6, 6.07) is 12.6. The lowest BCUT2D eigenvalue weighted by atomic mass is 9.77. The molecule has 8 nitrogen and oxygen atoms in total. The average Bonchev–Trinajstić information content (AvgIpc) is 3.13. The first-order valence-electron chi connectivity index (χ1n) is 12.2. The Kier molecular flexibility index (Phi) is 7.15. The Morgan fingerprint density at radius 1 is 1.18 bits per heavy atom. The zero-order chi connectivity index (χ0) is 28.1. The minimum Gasteiger partial charge on any atom is -0.387 e. The third-order valence-electron chi connectivity index (χ3n) is 7.67. The second-order valence-corrected chi connectivity index (χ2v) is 10.8. The van der Waals surface area contributed by atoms with E-state index in [4.69, 9.17) is 33.0 Å². The maximum Gasteiger partial charge on any atom is 0.257 e. The smallest absolute Gasteiger partial charge is 0.257 e. The predicted octanol–water partition coefficient (Wildman–Crippen LogP) is 3.69. The van der Waals surface area contributed by atoms with Crippen molar-refractivity contribution < 1.29 is 28.9 Å². The summed E-state index contributed by atoms with van der Waals surface area (Å²) in [4.78, 5) is 32.9. The molecule has 0 aliphatic carbocycles. The molecular weight excluding hydrogens is 548 g/mol. The zero-order valence-electron chi connectivity index (χ0n) is 21.2. The largest absolute Gasteiger partial charge is 0.387 e. The van der Waals surface area contributed by atoms with Gasteiger partial charge in [-0.05, 0) is 48.9 Å². The second kappa shape index (κ2) is 10.1. The van der Waals surface area contributed by atoms with Crippen LogP contribution in [-0.4, -0.2) is 63.6 Å². The van der Waals surface area contributed by atoms with Crippen LogP contribution in [0.3, 0.4) is 0 Å². The molecule has 0 spiro atoms. The molecule has 2 amide bonds. The van der Waals surface area contributed by atoms with Gasteiger partial charge >= 0.3 is 0 Å². The first-order valence-corrected chi connectivity index (χ1v) is 13.0. The summed E-state index contributed by atoms with van der Waals surface area (Å²) in [7, 11) is 1.39. The van der Waals surface area contributed by atoms with Crippen LogP contribution in [0.4, 0.5) is 4.39 Å². The average molecular weight is 574 g/mol. The van der Waals surface area contributed by atoms with Gasteiger partial charge in [0.1, 0.15) is 12.4 Å². The molecule has 5 rings (SSSR count). The Labute approximate surface area is 234 Å². The number of fused-ring (bicyclic) bond motifs is 1. The van der Waals surface area contributed by atoms with E-state index in [9.17, 15) is 14.7 Å². The molecule has 2 atom stereocenters. The number of halogens is 3. The monoisotopic (exact) mass is 573 g/mol. The molecule has 1 unspecified atom stereocenters. The number of ether oxygens (including phenoxy) is 1. The molecule has 1 fully saturated rings. The number of amides is 2. The van der Waals surface area contributed by atoms with Crippen LogP contribution in [0.15, 0.2) is 54.7 Å². The van der Waals surface area contributed by atoms with Gasteiger partial charge in [-0.2, -0.15) is 0 Å². The Morgan fingerprint density at radius 2 is 1.85 bits per heavy atom. The lowest BCUT2D eigenvalue weighted by molar-refractivity contribution is -0.149. The number of rotatable bonds is 7. The van der Waals surface area contributed by atoms with Crippen LogP contribution < -0.4 is 0 Å². The predicted molar refractivity (Wildman–Crippen MR) is 141 cm³/mol. The van der Waals surface area contributed by atoms with E-state index in [2.05, 4.69) is 4.98 Å². The molecule has 2 N–H and O–H groups in total. The summed E-state index contributed by atoms with van der Waals surface area (Å²) in [5, 5.41) is 21.4. The van der Waals surface area contributed by atoms with E-state index >= 15 is 4.39 Å². The lowest BCUT2D eigenvalue weighted by Gasteiger charge is -2.46. The van der Waals surface area contributed by atoms with Crippen LogP contribution >= 0.6 is 23.2 Å². The quantitative estimate of drug-likeness (QED) is 0.447. The molecule has 2 aliphatic heterocycles. The number of hydrogen-bond acceptors (Lipinski definition) is 6. The van der Waals surface area contributed by atoms with Gasteiger partial charge in [0.2, 0.25) is 5.91 Å². The van der Waals surface area contributed by atoms with Crippen molar-refractivity contribution in [2.45, 2.75) is 24.8 Å². The van der Waals surface area contributed by atoms with Crippen LogP contribution in [0.5, 0.6) is 0 Å². The van der Waals surface area contributed by atoms with E-state index in [1.807, 2.05) is 0 Å². The Hall–Kier alpha value is -3.08. The number of methoxy groups -OCH3 is 1. The van der Waals surface area contributed by atoms with Gasteiger partial charge in [0.05, 0.1) is 34.0 Å². The third kappa shape index (κ3) is 4.48. The summed E-state index contributed by atoms with van der Waals surface area (Å²) in [6.07, 6.45) is 1.46. The van der Waals surface area contributed by atoms with Crippen molar-refractivity contribution in [3.63, 3.8) is 0 Å². The molecule has 1 saturated heterocycles. The molecule has 0 saturated carbocycles. The number of aliphatic hydroxyl groups is 2. The van der Waals surface area contributed by atoms with Crippen LogP contribution in [0.1, 0.15) is 39.7 Å². The van der Waals surface area contributed by atoms with E-state index in [1.54, 1.807) is 36.4 Å². The molecular formula is C28H26Cl2FN3O5. The normalized spacial score (nSPS) is 20.5. The van der Waals surface area contributed by atoms with Crippen molar-refractivity contribution in [3.05, 3.63) is 98.5 Å². The second-order valence-electron chi connectivity index (χ2n) is 9.90. The molecule has 1 aromatic heterocycles. The zero-order valence-corrected chi connectivity index (χ0v) is 22.7. The highest BCUT2D eigenvalue weighted by Crippen LogP contribution is 2.49. The maximum atomic E-state index is 16.2. The van der Waals surface area contributed by atoms with E-state index in [-0.39, 0.29) is 36.3 Å². The number of carbonyl (C=O) groups excluding carboxylic acids is 2. The van der Waals surface area contributed by atoms with Gasteiger partial charge in [0, 0.05) is 42.9 Å². The summed E-state index contributed by atoms with van der Waals surface area (Å²) in [6.45, 7) is 1.27. The number of aliphatic hydroxyl groups excluding tert-OH is 1. The highest BCUT2D eigenvalue weighted by atomic mass is 35.5. The van der Waals surface area contributed by atoms with E-state index in [0.29, 0.717) is 21.3 Å². The van der Waals surface area contributed by atoms with Crippen molar-refractivity contribution >= 4 is 35.0 Å². The molecule has 3 aromatic rings. The molecule has 2 aromatic carbocycles. The van der Waals surface area contributed by atoms with Crippen LogP contribution in [-0.2, 0) is 27.4 Å². The van der Waals surface area contributed by atoms with Crippen LogP contribution in [0.25, 0.3) is 0 Å². The number of hydrogen-bond donors (Lipinski definition) is 2. The van der Waals surface area contributed by atoms with Crippen LogP contribution in [0.2, 0.25) is 10.0 Å². The maximum absolute atomic E-state index is 16.2. The van der Waals surface area contributed by atoms with Gasteiger partial charge in [-0.1, -0.05) is 35.3 Å². The van der Waals surface area contributed by atoms with Gasteiger partial charge in [0.15, 0.2) is 5.72 Å². The molecule has 3 heterocycles. The summed E-state index contributed by atoms with van der Waals surface area (Å²) in [5.41, 5.74) is -1.97. The van der Waals surface area contributed by atoms with E-state index in [1.165, 1.54) is 42.2 Å². The van der Waals surface area contributed by atoms with Gasteiger partial charge in [-0.25, -0.2) is 4.39 Å². The molecule has 0 radical (unpaired) electrons. The van der Waals surface area contributed by atoms with Crippen molar-refractivity contribution in [3.8, 4) is 0 Å². The number of benzene rings is 2. The van der Waals surface area contributed by atoms with Crippen molar-refractivity contribution in [1.82, 2.24) is 14.8 Å². The first kappa shape index (κ1) is 27.5. The fourth-order valence-corrected chi connectivity index (χ4v) is 5.60. The molecule has 11 heteroatoms. The summed E-state index contributed by atoms with van der Waals surface area (Å²) < 4.78 is 22.2. The number of pyridine rings is 1. The van der Waals surface area contributed by atoms with E-state index < -0.39 is 41.5 Å². The minimum atomic E-state index is -1.65. The minimum absolute atomic E-state index is 0.0107. The van der Waals surface area contributed by atoms with Gasteiger partial charge in [-0.15, -0.1) is 0 Å². The number of nitrogens with zero attached hydrogens (tertiary/aromatic N) is 3. The highest BCUT2D eigenvalue weighted by Gasteiger charge is 2.55. The topological polar surface area (TPSA) is 103 Å². The molecule has 39 heavy (non-hydrogen) atoms. The number of likely N-dealkylation sites (tertiary alicyclic amines) is 1. The Balaban J connectivity index is 1.61. The fourth-order valence-electron chi connectivity index (χ4n) is 5.36. The SMILES string of the molecule is CO[C@]1(c2ccc(Cl)cc2)c2c(F)cc(C(C)(O)C3CN(C(=O)CO)C3)cc2C(=O)N1Cc1ccc(Cl)cn1. The van der Waals surface area contributed by atoms with Gasteiger partial charge < -0.3 is 19.8 Å². The van der Waals surface area contributed by atoms with E-state index in [0.717, 1.165) is 0 Å². The van der Waals surface area contributed by atoms with Crippen molar-refractivity contribution in [2.75, 3.05) is 26.8 Å². The lowest BCUT2D eigenvalue weighted by Crippen LogP contribution is -2.58. The standard InChI is InChI=1S/C28H26Cl2FN3O5/c1-27(38,18-12-33(13-18)24(36)15-35)17-9-22-25(23(31)10-17)28(39-2,16-3-5-19(29)6-4-16)34(26(22)37)14-21-8-7-20(30)11-32-21/h3-11,18,35,38H,12-15H2,1-2H3/t27?,28-/m1/s1. The van der Waals surface area contributed by atoms with Gasteiger partial charge in [0.25, 0.3) is 5.91 Å².